The number of methoxy groups -OCH3 is 2. The molecule has 0 bridgehead atoms. The molecule has 1 aliphatic carbocycles. The van der Waals surface area contributed by atoms with Gasteiger partial charge in [0.2, 0.25) is 5.78 Å². The van der Waals surface area contributed by atoms with Crippen LogP contribution in [0.1, 0.15) is 61.8 Å². The summed E-state index contributed by atoms with van der Waals surface area (Å²) < 4.78 is 11.4. The van der Waals surface area contributed by atoms with Gasteiger partial charge >= 0.3 is 0 Å². The molecule has 2 unspecified atom stereocenters. The molecular formula is C29H30INO3. The number of halogens is 1. The third-order valence-electron chi connectivity index (χ3n) is 6.63. The van der Waals surface area contributed by atoms with E-state index in [2.05, 4.69) is 71.9 Å². The molecule has 1 aliphatic rings. The molecular weight excluding hydrogens is 537 g/mol. The molecule has 2 aromatic carbocycles. The van der Waals surface area contributed by atoms with E-state index in [1.807, 2.05) is 31.2 Å². The number of hydrogen-bond donors (Lipinski definition) is 1. The van der Waals surface area contributed by atoms with Crippen LogP contribution in [0, 0.1) is 6.92 Å². The number of aromatic amines is 1. The van der Waals surface area contributed by atoms with Crippen LogP contribution in [0.3, 0.4) is 0 Å². The summed E-state index contributed by atoms with van der Waals surface area (Å²) >= 11 is 2.43. The molecule has 4 rings (SSSR count). The van der Waals surface area contributed by atoms with Gasteiger partial charge in [0.1, 0.15) is 12.2 Å². The fraction of sp³-hybridized carbons (Fsp3) is 0.276. The summed E-state index contributed by atoms with van der Waals surface area (Å²) in [6.07, 6.45) is 4.04. The Balaban J connectivity index is 1.61. The number of rotatable bonds is 8. The molecule has 1 heterocycles. The second-order valence-corrected chi connectivity index (χ2v) is 10.3. The fourth-order valence-corrected chi connectivity index (χ4v) is 6.35. The minimum absolute atomic E-state index is 0.0735. The Morgan fingerprint density at radius 1 is 1.15 bits per heavy atom. The molecule has 0 saturated heterocycles. The number of H-pyrrole nitrogens is 1. The first-order valence-electron chi connectivity index (χ1n) is 11.3. The highest BCUT2D eigenvalue weighted by Gasteiger charge is 2.33. The number of allylic oxidation sites excluding steroid dienone is 1. The van der Waals surface area contributed by atoms with Crippen molar-refractivity contribution in [3.63, 3.8) is 0 Å². The van der Waals surface area contributed by atoms with E-state index < -0.39 is 0 Å². The highest BCUT2D eigenvalue weighted by molar-refractivity contribution is 14.1. The van der Waals surface area contributed by atoms with E-state index in [0.717, 1.165) is 22.4 Å². The van der Waals surface area contributed by atoms with Crippen LogP contribution in [0.4, 0.5) is 0 Å². The van der Waals surface area contributed by atoms with Gasteiger partial charge in [-0.25, -0.2) is 0 Å². The van der Waals surface area contributed by atoms with Crippen LogP contribution in [0.2, 0.25) is 0 Å². The first kappa shape index (κ1) is 24.6. The van der Waals surface area contributed by atoms with Gasteiger partial charge in [-0.1, -0.05) is 78.2 Å². The molecule has 3 aromatic rings. The number of ketones is 1. The number of carbonyl (C=O) groups excluding carboxylic acids is 1. The van der Waals surface area contributed by atoms with Crippen molar-refractivity contribution in [1.29, 1.82) is 0 Å². The standard InChI is InChI=1S/C29H30INO3/c1-7-19-12-16(2)25(22-11-9-8-10-21(19)22)23(30)14-17(3)27(32)24-15-20-13-18(4)28(33-5)29(34-6)26(20)31-24/h7-13,15,23,28-29,31H,1,3,14H2,2,4-6H3/t23-,28?,29?/m1/s1. The van der Waals surface area contributed by atoms with Crippen LogP contribution >= 0.6 is 22.6 Å². The lowest BCUT2D eigenvalue weighted by Crippen LogP contribution is -2.27. The first-order valence-corrected chi connectivity index (χ1v) is 12.5. The van der Waals surface area contributed by atoms with E-state index in [0.29, 0.717) is 17.7 Å². The van der Waals surface area contributed by atoms with Crippen molar-refractivity contribution in [2.45, 2.75) is 36.4 Å². The number of nitrogens with one attached hydrogen (secondary N) is 1. The summed E-state index contributed by atoms with van der Waals surface area (Å²) in [4.78, 5) is 16.7. The molecule has 4 nitrogen and oxygen atoms in total. The summed E-state index contributed by atoms with van der Waals surface area (Å²) in [7, 11) is 3.33. The number of ether oxygens (including phenoxy) is 2. The van der Waals surface area contributed by atoms with E-state index in [9.17, 15) is 4.79 Å². The van der Waals surface area contributed by atoms with Crippen molar-refractivity contribution in [3.05, 3.63) is 94.3 Å². The largest absolute Gasteiger partial charge is 0.374 e. The second-order valence-electron chi connectivity index (χ2n) is 8.80. The average molecular weight is 567 g/mol. The lowest BCUT2D eigenvalue weighted by Gasteiger charge is -2.29. The van der Waals surface area contributed by atoms with Gasteiger partial charge in [-0.15, -0.1) is 0 Å². The normalized spacial score (nSPS) is 18.3. The molecule has 176 valence electrons. The minimum Gasteiger partial charge on any atom is -0.374 e. The zero-order chi connectivity index (χ0) is 24.6. The number of fused-ring (bicyclic) bond motifs is 2. The summed E-state index contributed by atoms with van der Waals surface area (Å²) in [5.74, 6) is -0.0735. The van der Waals surface area contributed by atoms with E-state index in [-0.39, 0.29) is 21.9 Å². The van der Waals surface area contributed by atoms with Gasteiger partial charge in [-0.2, -0.15) is 0 Å². The van der Waals surface area contributed by atoms with E-state index in [1.54, 1.807) is 14.2 Å². The van der Waals surface area contributed by atoms with Crippen molar-refractivity contribution < 1.29 is 14.3 Å². The molecule has 3 atom stereocenters. The third kappa shape index (κ3) is 4.32. The molecule has 1 aromatic heterocycles. The van der Waals surface area contributed by atoms with Crippen LogP contribution in [0.5, 0.6) is 0 Å². The van der Waals surface area contributed by atoms with Gasteiger partial charge in [0, 0.05) is 18.1 Å². The quantitative estimate of drug-likeness (QED) is 0.132. The lowest BCUT2D eigenvalue weighted by molar-refractivity contribution is -0.0216. The summed E-state index contributed by atoms with van der Waals surface area (Å²) in [5, 5.41) is 2.37. The number of aromatic nitrogens is 1. The van der Waals surface area contributed by atoms with Crippen LogP contribution in [0.25, 0.3) is 22.9 Å². The van der Waals surface area contributed by atoms with Gasteiger partial charge in [0.05, 0.1) is 11.4 Å². The Bertz CT molecular complexity index is 1320. The van der Waals surface area contributed by atoms with Crippen LogP contribution < -0.4 is 0 Å². The molecule has 0 saturated carbocycles. The third-order valence-corrected chi connectivity index (χ3v) is 7.69. The van der Waals surface area contributed by atoms with Crippen molar-refractivity contribution in [3.8, 4) is 0 Å². The summed E-state index contributed by atoms with van der Waals surface area (Å²) in [6, 6.07) is 12.4. The molecule has 0 radical (unpaired) electrons. The Morgan fingerprint density at radius 2 is 1.82 bits per heavy atom. The number of aryl methyl sites for hydroxylation is 1. The van der Waals surface area contributed by atoms with E-state index in [4.69, 9.17) is 9.47 Å². The molecule has 0 fully saturated rings. The average Bonchev–Trinajstić information content (AvgIpc) is 3.25. The van der Waals surface area contributed by atoms with Crippen molar-refractivity contribution in [2.75, 3.05) is 14.2 Å². The Kier molecular flexibility index (Phi) is 7.26. The molecule has 5 heteroatoms. The second kappa shape index (κ2) is 10.0. The lowest BCUT2D eigenvalue weighted by atomic mass is 9.91. The number of carbonyl (C=O) groups is 1. The topological polar surface area (TPSA) is 51.3 Å². The number of benzene rings is 2. The van der Waals surface area contributed by atoms with Crippen molar-refractivity contribution in [2.24, 2.45) is 0 Å². The fourth-order valence-electron chi connectivity index (χ4n) is 4.99. The van der Waals surface area contributed by atoms with E-state index >= 15 is 0 Å². The van der Waals surface area contributed by atoms with Gasteiger partial charge in [0.25, 0.3) is 0 Å². The number of Topliss-reactive ketones (excluding diaryl/α,β-unsaturated/α-hetero) is 1. The monoisotopic (exact) mass is 567 g/mol. The molecule has 34 heavy (non-hydrogen) atoms. The van der Waals surface area contributed by atoms with Crippen LogP contribution in [-0.2, 0) is 9.47 Å². The van der Waals surface area contributed by atoms with Gasteiger partial charge in [0.15, 0.2) is 0 Å². The zero-order valence-corrected chi connectivity index (χ0v) is 22.2. The minimum atomic E-state index is -0.283. The predicted molar refractivity (Wildman–Crippen MR) is 149 cm³/mol. The van der Waals surface area contributed by atoms with Crippen LogP contribution in [-0.4, -0.2) is 31.1 Å². The highest BCUT2D eigenvalue weighted by Crippen LogP contribution is 2.40. The molecule has 1 N–H and O–H groups in total. The maximum atomic E-state index is 13.4. The maximum Gasteiger partial charge on any atom is 0.204 e. The zero-order valence-electron chi connectivity index (χ0n) is 20.1. The number of hydrogen-bond acceptors (Lipinski definition) is 3. The molecule has 0 spiro atoms. The van der Waals surface area contributed by atoms with E-state index in [1.165, 1.54) is 21.9 Å². The van der Waals surface area contributed by atoms with Gasteiger partial charge in [-0.3, -0.25) is 4.79 Å². The van der Waals surface area contributed by atoms with Crippen LogP contribution in [0.15, 0.2) is 60.7 Å². The highest BCUT2D eigenvalue weighted by atomic mass is 127. The van der Waals surface area contributed by atoms with Gasteiger partial charge in [-0.05, 0) is 70.5 Å². The maximum absolute atomic E-state index is 13.4. The Labute approximate surface area is 214 Å². The smallest absolute Gasteiger partial charge is 0.204 e. The molecule has 0 aliphatic heterocycles. The van der Waals surface area contributed by atoms with Crippen molar-refractivity contribution >= 4 is 51.3 Å². The SMILES string of the molecule is C=Cc1cc(C)c([C@H](I)CC(=C)C(=O)c2cc3c([nH]2)C(OC)C(OC)C(C)=C3)c2ccccc12. The molecule has 0 amide bonds. The summed E-state index contributed by atoms with van der Waals surface area (Å²) in [5.41, 5.74) is 7.55. The first-order chi connectivity index (χ1) is 16.3. The predicted octanol–water partition coefficient (Wildman–Crippen LogP) is 7.54. The Hall–Kier alpha value is -2.48. The Morgan fingerprint density at radius 3 is 2.47 bits per heavy atom. The van der Waals surface area contributed by atoms with Crippen molar-refractivity contribution in [1.82, 2.24) is 4.98 Å². The summed E-state index contributed by atoms with van der Waals surface area (Å²) in [6.45, 7) is 12.3. The van der Waals surface area contributed by atoms with Gasteiger partial charge < -0.3 is 14.5 Å². The number of alkyl halides is 1.